The highest BCUT2D eigenvalue weighted by atomic mass is 32.1. The fourth-order valence-corrected chi connectivity index (χ4v) is 6.70. The summed E-state index contributed by atoms with van der Waals surface area (Å²) < 4.78 is 13.7. The molecule has 4 heterocycles. The summed E-state index contributed by atoms with van der Waals surface area (Å²) in [6.45, 7) is 19.1. The summed E-state index contributed by atoms with van der Waals surface area (Å²) in [6.07, 6.45) is 3.20. The number of benzene rings is 1. The summed E-state index contributed by atoms with van der Waals surface area (Å²) in [4.78, 5) is 15.4. The summed E-state index contributed by atoms with van der Waals surface area (Å²) in [5, 5.41) is 2.17. The summed E-state index contributed by atoms with van der Waals surface area (Å²) >= 11 is 1.72. The van der Waals surface area contributed by atoms with Gasteiger partial charge in [-0.15, -0.1) is 11.3 Å². The normalized spacial score (nSPS) is 18.7. The number of rotatable bonds is 7. The molecular weight excluding hydrogens is 491 g/mol. The predicted molar refractivity (Wildman–Crippen MR) is 156 cm³/mol. The first-order chi connectivity index (χ1) is 18.3. The number of aryl methyl sites for hydroxylation is 2. The molecule has 1 saturated heterocycles. The maximum absolute atomic E-state index is 13.7. The molecule has 0 bridgehead atoms. The van der Waals surface area contributed by atoms with Crippen LogP contribution in [0.25, 0.3) is 0 Å². The van der Waals surface area contributed by atoms with Crippen LogP contribution >= 0.6 is 11.3 Å². The fourth-order valence-electron chi connectivity index (χ4n) is 5.81. The van der Waals surface area contributed by atoms with Crippen LogP contribution < -0.4 is 0 Å². The topological polar surface area (TPSA) is 31.7 Å². The number of hydrogen-bond acceptors (Lipinski definition) is 5. The number of aromatic nitrogens is 1. The molecule has 196 valence electrons. The minimum Gasteiger partial charge on any atom is -0.371 e. The molecule has 0 radical (unpaired) electrons. The lowest BCUT2D eigenvalue weighted by Crippen LogP contribution is -2.38. The molecule has 4 nitrogen and oxygen atoms in total. The smallest absolute Gasteiger partial charge is 0.151 e. The molecule has 5 rings (SSSR count). The fraction of sp³-hybridized carbons (Fsp3) is 0.312. The summed E-state index contributed by atoms with van der Waals surface area (Å²) in [7, 11) is 0. The van der Waals surface area contributed by atoms with Crippen molar-refractivity contribution in [2.45, 2.75) is 52.5 Å². The molecule has 0 spiro atoms. The van der Waals surface area contributed by atoms with E-state index in [1.54, 1.807) is 17.4 Å². The van der Waals surface area contributed by atoms with Gasteiger partial charge >= 0.3 is 0 Å². The Morgan fingerprint density at radius 3 is 2.61 bits per heavy atom. The van der Waals surface area contributed by atoms with E-state index >= 15 is 0 Å². The zero-order valence-electron chi connectivity index (χ0n) is 22.7. The minimum absolute atomic E-state index is 0.130. The van der Waals surface area contributed by atoms with Crippen molar-refractivity contribution in [2.75, 3.05) is 13.1 Å². The van der Waals surface area contributed by atoms with Crippen molar-refractivity contribution < 1.29 is 4.39 Å². The first-order valence-corrected chi connectivity index (χ1v) is 14.1. The molecule has 1 aromatic carbocycles. The van der Waals surface area contributed by atoms with Crippen LogP contribution in [0.5, 0.6) is 0 Å². The first-order valence-electron chi connectivity index (χ1n) is 13.2. The van der Waals surface area contributed by atoms with Crippen LogP contribution in [0, 0.1) is 19.7 Å². The Morgan fingerprint density at radius 2 is 1.95 bits per heavy atom. The van der Waals surface area contributed by atoms with Gasteiger partial charge in [-0.3, -0.25) is 4.98 Å². The molecule has 2 aromatic heterocycles. The third-order valence-electron chi connectivity index (χ3n) is 7.65. The Balaban J connectivity index is 1.51. The highest BCUT2D eigenvalue weighted by molar-refractivity contribution is 7.12. The van der Waals surface area contributed by atoms with Crippen molar-refractivity contribution in [1.29, 1.82) is 0 Å². The van der Waals surface area contributed by atoms with E-state index in [0.29, 0.717) is 0 Å². The Kier molecular flexibility index (Phi) is 7.35. The zero-order chi connectivity index (χ0) is 27.0. The third kappa shape index (κ3) is 4.85. The first kappa shape index (κ1) is 26.1. The average Bonchev–Trinajstić information content (AvgIpc) is 3.56. The average molecular weight is 527 g/mol. The van der Waals surface area contributed by atoms with E-state index in [-0.39, 0.29) is 17.8 Å². The molecule has 0 aliphatic carbocycles. The van der Waals surface area contributed by atoms with Crippen molar-refractivity contribution in [3.63, 3.8) is 0 Å². The van der Waals surface area contributed by atoms with Crippen molar-refractivity contribution in [2.24, 2.45) is 4.99 Å². The maximum Gasteiger partial charge on any atom is 0.151 e. The zero-order valence-corrected chi connectivity index (χ0v) is 23.5. The van der Waals surface area contributed by atoms with Gasteiger partial charge in [-0.05, 0) is 67.8 Å². The van der Waals surface area contributed by atoms with Gasteiger partial charge in [-0.25, -0.2) is 9.38 Å². The largest absolute Gasteiger partial charge is 0.371 e. The van der Waals surface area contributed by atoms with Crippen LogP contribution in [0.3, 0.4) is 0 Å². The van der Waals surface area contributed by atoms with Gasteiger partial charge in [0.25, 0.3) is 0 Å². The summed E-state index contributed by atoms with van der Waals surface area (Å²) in [6, 6.07) is 14.6. The van der Waals surface area contributed by atoms with E-state index in [9.17, 15) is 4.39 Å². The quantitative estimate of drug-likeness (QED) is 0.314. The van der Waals surface area contributed by atoms with Crippen LogP contribution in [-0.2, 0) is 0 Å². The lowest BCUT2D eigenvalue weighted by Gasteiger charge is -2.40. The van der Waals surface area contributed by atoms with Crippen LogP contribution in [0.2, 0.25) is 0 Å². The number of hydrogen-bond donors (Lipinski definition) is 0. The third-order valence-corrected chi connectivity index (χ3v) is 8.69. The van der Waals surface area contributed by atoms with Crippen molar-refractivity contribution in [3.05, 3.63) is 123 Å². The second-order valence-corrected chi connectivity index (χ2v) is 11.2. The maximum atomic E-state index is 13.7. The Bertz CT molecular complexity index is 1430. The summed E-state index contributed by atoms with van der Waals surface area (Å²) in [5.41, 5.74) is 8.16. The van der Waals surface area contributed by atoms with Crippen LogP contribution in [-0.4, -0.2) is 33.7 Å². The number of aliphatic imine (C=N–C) groups is 1. The SMILES string of the molecule is C=C1N=C(c2cc(C)cs2)N([C@@H](CC)c2ccccc2)C(C)=C1C(=C)N1CCC(c2ncc(F)cc2C)C1. The van der Waals surface area contributed by atoms with E-state index in [4.69, 9.17) is 4.99 Å². The van der Waals surface area contributed by atoms with E-state index in [2.05, 4.69) is 90.5 Å². The second-order valence-electron chi connectivity index (χ2n) is 10.3. The molecule has 0 N–H and O–H groups in total. The summed E-state index contributed by atoms with van der Waals surface area (Å²) in [5.74, 6) is 0.897. The molecule has 2 atom stereocenters. The van der Waals surface area contributed by atoms with Crippen LogP contribution in [0.1, 0.15) is 65.9 Å². The molecule has 2 aliphatic heterocycles. The number of allylic oxidation sites excluding steroid dienone is 1. The molecule has 1 fully saturated rings. The van der Waals surface area contributed by atoms with Crippen LogP contribution in [0.15, 0.2) is 94.9 Å². The second kappa shape index (κ2) is 10.7. The monoisotopic (exact) mass is 526 g/mol. The lowest BCUT2D eigenvalue weighted by atomic mass is 9.97. The lowest BCUT2D eigenvalue weighted by molar-refractivity contribution is 0.361. The number of halogens is 1. The van der Waals surface area contributed by atoms with Gasteiger partial charge in [0, 0.05) is 41.7 Å². The van der Waals surface area contributed by atoms with E-state index < -0.39 is 0 Å². The highest BCUT2D eigenvalue weighted by Gasteiger charge is 2.35. The van der Waals surface area contributed by atoms with Crippen molar-refractivity contribution in [3.8, 4) is 0 Å². The molecule has 3 aromatic rings. The Morgan fingerprint density at radius 1 is 1.18 bits per heavy atom. The van der Waals surface area contributed by atoms with Gasteiger partial charge in [-0.2, -0.15) is 0 Å². The highest BCUT2D eigenvalue weighted by Crippen LogP contribution is 2.41. The molecular formula is C32H35FN4S. The van der Waals surface area contributed by atoms with Gasteiger partial charge in [-0.1, -0.05) is 50.4 Å². The van der Waals surface area contributed by atoms with Gasteiger partial charge < -0.3 is 9.80 Å². The van der Waals surface area contributed by atoms with Crippen molar-refractivity contribution in [1.82, 2.24) is 14.8 Å². The number of nitrogens with zero attached hydrogens (tertiary/aromatic N) is 4. The van der Waals surface area contributed by atoms with Crippen LogP contribution in [0.4, 0.5) is 4.39 Å². The number of amidine groups is 1. The number of likely N-dealkylation sites (tertiary alicyclic amines) is 1. The Labute approximate surface area is 229 Å². The number of pyridine rings is 1. The Hall–Kier alpha value is -3.51. The predicted octanol–water partition coefficient (Wildman–Crippen LogP) is 7.90. The van der Waals surface area contributed by atoms with E-state index in [1.165, 1.54) is 17.3 Å². The van der Waals surface area contributed by atoms with Gasteiger partial charge in [0.2, 0.25) is 0 Å². The van der Waals surface area contributed by atoms with Gasteiger partial charge in [0.15, 0.2) is 5.84 Å². The van der Waals surface area contributed by atoms with E-state index in [0.717, 1.165) is 70.6 Å². The standard InChI is InChI=1S/C32H35FN4S/c1-7-28(25-11-9-8-10-12-25)37-24(6)30(22(4)35-32(37)29-15-20(2)19-38-29)23(5)36-14-13-26(18-36)31-21(3)16-27(33)17-34-31/h8-12,15-17,19,26,28H,4-5,7,13-14,18H2,1-3,6H3/t26?,28-/m0/s1. The molecule has 0 amide bonds. The molecule has 2 aliphatic rings. The van der Waals surface area contributed by atoms with Gasteiger partial charge in [0.05, 0.1) is 22.8 Å². The molecule has 38 heavy (non-hydrogen) atoms. The van der Waals surface area contributed by atoms with Gasteiger partial charge in [0.1, 0.15) is 5.82 Å². The molecule has 1 unspecified atom stereocenters. The minimum atomic E-state index is -0.289. The number of thiophene rings is 1. The van der Waals surface area contributed by atoms with E-state index in [1.807, 2.05) is 6.92 Å². The molecule has 0 saturated carbocycles. The molecule has 6 heteroatoms. The van der Waals surface area contributed by atoms with Crippen molar-refractivity contribution >= 4 is 17.2 Å².